The average Bonchev–Trinajstić information content (AvgIpc) is 3.47. The van der Waals surface area contributed by atoms with E-state index in [9.17, 15) is 13.6 Å². The van der Waals surface area contributed by atoms with Gasteiger partial charge >= 0.3 is 0 Å². The average molecular weight is 350 g/mol. The van der Waals surface area contributed by atoms with Gasteiger partial charge in [0.25, 0.3) is 5.92 Å². The first-order chi connectivity index (χ1) is 12.0. The van der Waals surface area contributed by atoms with Crippen molar-refractivity contribution in [2.75, 3.05) is 31.1 Å². The topological polar surface area (TPSA) is 49.3 Å². The van der Waals surface area contributed by atoms with Gasteiger partial charge in [0, 0.05) is 57.1 Å². The van der Waals surface area contributed by atoms with Gasteiger partial charge in [0.1, 0.15) is 11.6 Å². The molecule has 1 aliphatic carbocycles. The number of nitrogens with zero attached hydrogens (tertiary/aromatic N) is 4. The third kappa shape index (κ3) is 3.75. The summed E-state index contributed by atoms with van der Waals surface area (Å²) in [6.07, 6.45) is 5.28. The highest BCUT2D eigenvalue weighted by Crippen LogP contribution is 2.38. The second kappa shape index (κ2) is 6.50. The normalized spacial score (nSPS) is 24.4. The lowest BCUT2D eigenvalue weighted by atomic mass is 9.94. The van der Waals surface area contributed by atoms with Gasteiger partial charge in [-0.15, -0.1) is 0 Å². The maximum atomic E-state index is 13.3. The zero-order valence-corrected chi connectivity index (χ0v) is 14.3. The van der Waals surface area contributed by atoms with E-state index < -0.39 is 5.92 Å². The number of alkyl halides is 2. The van der Waals surface area contributed by atoms with Crippen LogP contribution in [-0.4, -0.2) is 52.9 Å². The van der Waals surface area contributed by atoms with Crippen molar-refractivity contribution in [2.24, 2.45) is 5.92 Å². The Morgan fingerprint density at radius 3 is 2.40 bits per heavy atom. The monoisotopic (exact) mass is 350 g/mol. The molecule has 136 valence electrons. The van der Waals surface area contributed by atoms with Gasteiger partial charge in [-0.25, -0.2) is 18.7 Å². The molecule has 3 heterocycles. The molecule has 1 aromatic rings. The van der Waals surface area contributed by atoms with Crippen LogP contribution in [0.4, 0.5) is 14.6 Å². The summed E-state index contributed by atoms with van der Waals surface area (Å²) < 4.78 is 26.5. The molecule has 0 atom stereocenters. The largest absolute Gasteiger partial charge is 0.356 e. The Morgan fingerprint density at radius 2 is 1.76 bits per heavy atom. The number of rotatable bonds is 3. The molecule has 2 saturated heterocycles. The standard InChI is InChI=1S/C18H24F2N4O/c19-18(20)6-11-24(12-7-18)17(25)14-4-9-23(10-5-14)15-3-8-21-16(22-15)13-1-2-13/h3,8,13-14H,1-2,4-7,9-12H2. The fraction of sp³-hybridized carbons (Fsp3) is 0.722. The molecule has 1 amide bonds. The molecule has 1 aromatic heterocycles. The fourth-order valence-corrected chi connectivity index (χ4v) is 3.75. The number of halogens is 2. The van der Waals surface area contributed by atoms with Crippen LogP contribution in [0.25, 0.3) is 0 Å². The number of aromatic nitrogens is 2. The van der Waals surface area contributed by atoms with Gasteiger partial charge in [-0.1, -0.05) is 0 Å². The van der Waals surface area contributed by atoms with E-state index in [0.717, 1.165) is 37.6 Å². The number of hydrogen-bond acceptors (Lipinski definition) is 4. The Balaban J connectivity index is 1.32. The molecule has 0 radical (unpaired) electrons. The molecule has 4 rings (SSSR count). The summed E-state index contributed by atoms with van der Waals surface area (Å²) in [5.74, 6) is -0.197. The van der Waals surface area contributed by atoms with Crippen LogP contribution >= 0.6 is 0 Å². The van der Waals surface area contributed by atoms with E-state index in [0.29, 0.717) is 5.92 Å². The summed E-state index contributed by atoms with van der Waals surface area (Å²) in [7, 11) is 0. The molecule has 0 N–H and O–H groups in total. The van der Waals surface area contributed by atoms with Crippen molar-refractivity contribution in [2.45, 2.75) is 50.4 Å². The van der Waals surface area contributed by atoms with Crippen molar-refractivity contribution in [1.29, 1.82) is 0 Å². The Labute approximate surface area is 146 Å². The SMILES string of the molecule is O=C(C1CCN(c2ccnc(C3CC3)n2)CC1)N1CCC(F)(F)CC1. The summed E-state index contributed by atoms with van der Waals surface area (Å²) >= 11 is 0. The van der Waals surface area contributed by atoms with Crippen molar-refractivity contribution in [3.63, 3.8) is 0 Å². The highest BCUT2D eigenvalue weighted by atomic mass is 19.3. The molecule has 25 heavy (non-hydrogen) atoms. The van der Waals surface area contributed by atoms with E-state index in [-0.39, 0.29) is 37.8 Å². The molecule has 3 fully saturated rings. The van der Waals surface area contributed by atoms with E-state index in [4.69, 9.17) is 0 Å². The van der Waals surface area contributed by atoms with Gasteiger partial charge in [-0.3, -0.25) is 4.79 Å². The third-order valence-electron chi connectivity index (χ3n) is 5.58. The predicted molar refractivity (Wildman–Crippen MR) is 89.7 cm³/mol. The highest BCUT2D eigenvalue weighted by molar-refractivity contribution is 5.79. The maximum Gasteiger partial charge on any atom is 0.251 e. The van der Waals surface area contributed by atoms with Gasteiger partial charge in [0.05, 0.1) is 0 Å². The number of likely N-dealkylation sites (tertiary alicyclic amines) is 1. The Morgan fingerprint density at radius 1 is 1.08 bits per heavy atom. The molecule has 1 saturated carbocycles. The lowest BCUT2D eigenvalue weighted by molar-refractivity contribution is -0.142. The van der Waals surface area contributed by atoms with Gasteiger partial charge in [0.15, 0.2) is 0 Å². The number of carbonyl (C=O) groups is 1. The number of amides is 1. The van der Waals surface area contributed by atoms with Crippen LogP contribution in [-0.2, 0) is 4.79 Å². The van der Waals surface area contributed by atoms with E-state index in [1.807, 2.05) is 12.3 Å². The number of carbonyl (C=O) groups excluding carboxylic acids is 1. The fourth-order valence-electron chi connectivity index (χ4n) is 3.75. The van der Waals surface area contributed by atoms with Crippen LogP contribution in [0.5, 0.6) is 0 Å². The Kier molecular flexibility index (Phi) is 4.33. The lowest BCUT2D eigenvalue weighted by Gasteiger charge is -2.37. The lowest BCUT2D eigenvalue weighted by Crippen LogP contribution is -2.47. The molecule has 7 heteroatoms. The van der Waals surface area contributed by atoms with E-state index in [1.54, 1.807) is 4.90 Å². The molecule has 5 nitrogen and oxygen atoms in total. The zero-order valence-electron chi connectivity index (χ0n) is 14.3. The van der Waals surface area contributed by atoms with Crippen LogP contribution in [0.15, 0.2) is 12.3 Å². The van der Waals surface area contributed by atoms with Gasteiger partial charge < -0.3 is 9.80 Å². The van der Waals surface area contributed by atoms with Gasteiger partial charge in [0.2, 0.25) is 5.91 Å². The molecule has 3 aliphatic rings. The minimum Gasteiger partial charge on any atom is -0.356 e. The summed E-state index contributed by atoms with van der Waals surface area (Å²) in [4.78, 5) is 25.5. The first kappa shape index (κ1) is 16.7. The van der Waals surface area contributed by atoms with E-state index in [2.05, 4.69) is 14.9 Å². The molecular formula is C18H24F2N4O. The third-order valence-corrected chi connectivity index (χ3v) is 5.58. The van der Waals surface area contributed by atoms with Gasteiger partial charge in [-0.05, 0) is 31.7 Å². The second-order valence-electron chi connectivity index (χ2n) is 7.49. The number of anilines is 1. The van der Waals surface area contributed by atoms with Crippen molar-refractivity contribution in [3.8, 4) is 0 Å². The minimum atomic E-state index is -2.60. The first-order valence-corrected chi connectivity index (χ1v) is 9.26. The van der Waals surface area contributed by atoms with E-state index >= 15 is 0 Å². The summed E-state index contributed by atoms with van der Waals surface area (Å²) in [5.41, 5.74) is 0. The van der Waals surface area contributed by atoms with Crippen LogP contribution in [0.2, 0.25) is 0 Å². The summed E-state index contributed by atoms with van der Waals surface area (Å²) in [6.45, 7) is 1.93. The Hall–Kier alpha value is -1.79. The van der Waals surface area contributed by atoms with E-state index in [1.165, 1.54) is 12.8 Å². The van der Waals surface area contributed by atoms with Crippen molar-refractivity contribution >= 4 is 11.7 Å². The number of piperidine rings is 2. The molecule has 2 aliphatic heterocycles. The minimum absolute atomic E-state index is 0.0484. The van der Waals surface area contributed by atoms with Crippen molar-refractivity contribution in [1.82, 2.24) is 14.9 Å². The van der Waals surface area contributed by atoms with Crippen LogP contribution in [0.3, 0.4) is 0 Å². The quantitative estimate of drug-likeness (QED) is 0.841. The summed E-state index contributed by atoms with van der Waals surface area (Å²) in [6, 6.07) is 1.93. The Bertz CT molecular complexity index is 632. The molecule has 0 aromatic carbocycles. The predicted octanol–water partition coefficient (Wildman–Crippen LogP) is 2.83. The molecular weight excluding hydrogens is 326 g/mol. The zero-order chi connectivity index (χ0) is 17.4. The molecule has 0 bridgehead atoms. The first-order valence-electron chi connectivity index (χ1n) is 9.26. The summed E-state index contributed by atoms with van der Waals surface area (Å²) in [5, 5.41) is 0. The van der Waals surface area contributed by atoms with Crippen LogP contribution < -0.4 is 4.90 Å². The number of hydrogen-bond donors (Lipinski definition) is 0. The van der Waals surface area contributed by atoms with Crippen molar-refractivity contribution < 1.29 is 13.6 Å². The molecule has 0 unspecified atom stereocenters. The van der Waals surface area contributed by atoms with Crippen LogP contribution in [0, 0.1) is 5.92 Å². The second-order valence-corrected chi connectivity index (χ2v) is 7.49. The van der Waals surface area contributed by atoms with Crippen LogP contribution in [0.1, 0.15) is 50.3 Å². The van der Waals surface area contributed by atoms with Crippen molar-refractivity contribution in [3.05, 3.63) is 18.1 Å². The maximum absolute atomic E-state index is 13.3. The van der Waals surface area contributed by atoms with Gasteiger partial charge in [-0.2, -0.15) is 0 Å². The highest BCUT2D eigenvalue weighted by Gasteiger charge is 2.38. The molecule has 0 spiro atoms. The smallest absolute Gasteiger partial charge is 0.251 e.